The second-order valence-corrected chi connectivity index (χ2v) is 9.17. The minimum atomic E-state index is -0.439. The topological polar surface area (TPSA) is 112 Å². The maximum Gasteiger partial charge on any atom is 0.407 e. The van der Waals surface area contributed by atoms with Crippen LogP contribution in [0.4, 0.5) is 4.79 Å². The predicted molar refractivity (Wildman–Crippen MR) is 137 cm³/mol. The maximum atomic E-state index is 12.8. The summed E-state index contributed by atoms with van der Waals surface area (Å²) in [6, 6.07) is -0.145. The fourth-order valence-electron chi connectivity index (χ4n) is 5.10. The van der Waals surface area contributed by atoms with Crippen molar-refractivity contribution in [3.05, 3.63) is 12.2 Å². The summed E-state index contributed by atoms with van der Waals surface area (Å²) < 4.78 is 5.00. The Kier molecular flexibility index (Phi) is 10.4. The molecule has 2 aliphatic carbocycles. The highest BCUT2D eigenvalue weighted by Crippen LogP contribution is 2.52. The van der Waals surface area contributed by atoms with Gasteiger partial charge in [0.15, 0.2) is 5.96 Å². The number of ether oxygens (including phenoxy) is 1. The van der Waals surface area contributed by atoms with Crippen LogP contribution in [0.5, 0.6) is 0 Å². The monoisotopic (exact) mass is 575 g/mol. The van der Waals surface area contributed by atoms with E-state index in [2.05, 4.69) is 46.9 Å². The van der Waals surface area contributed by atoms with Crippen molar-refractivity contribution in [3.63, 3.8) is 0 Å². The molecular weight excluding hydrogens is 537 g/mol. The van der Waals surface area contributed by atoms with Gasteiger partial charge in [0.1, 0.15) is 0 Å². The molecule has 3 N–H and O–H groups in total. The largest absolute Gasteiger partial charge is 0.450 e. The van der Waals surface area contributed by atoms with Crippen molar-refractivity contribution in [3.8, 4) is 0 Å². The number of hydrogen-bond donors (Lipinski definition) is 3. The molecule has 186 valence electrons. The summed E-state index contributed by atoms with van der Waals surface area (Å²) in [6.07, 6.45) is 5.48. The number of allylic oxidation sites excluding steroid dienone is 2. The molecule has 2 bridgehead atoms. The number of nitrogens with zero attached hydrogens (tertiary/aromatic N) is 2. The zero-order valence-corrected chi connectivity index (χ0v) is 22.3. The standard InChI is InChI=1S/C23H37N5O4.HI/c1-5-24-22(26-13-17(11-14(3)4)27-23(31)32-6-2)25-9-10-28-20(29)18-15-7-8-16(12-15)19(18)21(28)30;/h7-8,14-19H,5-6,9-13H2,1-4H3,(H,27,31)(H2,24,25,26);1H. The molecule has 9 nitrogen and oxygen atoms in total. The number of likely N-dealkylation sites (tertiary alicyclic amines) is 1. The molecule has 10 heteroatoms. The third-order valence-electron chi connectivity index (χ3n) is 6.36. The molecule has 3 rings (SSSR count). The van der Waals surface area contributed by atoms with Crippen molar-refractivity contribution in [2.75, 3.05) is 32.8 Å². The van der Waals surface area contributed by atoms with Gasteiger partial charge in [-0.3, -0.25) is 19.5 Å². The van der Waals surface area contributed by atoms with Crippen molar-refractivity contribution in [1.29, 1.82) is 0 Å². The number of hydrogen-bond acceptors (Lipinski definition) is 5. The van der Waals surface area contributed by atoms with E-state index in [0.717, 1.165) is 12.8 Å². The molecule has 3 aliphatic rings. The number of carbonyl (C=O) groups is 3. The van der Waals surface area contributed by atoms with Crippen molar-refractivity contribution >= 4 is 47.8 Å². The smallest absolute Gasteiger partial charge is 0.407 e. The van der Waals surface area contributed by atoms with Crippen LogP contribution in [0.1, 0.15) is 40.5 Å². The summed E-state index contributed by atoms with van der Waals surface area (Å²) in [5.74, 6) is 1.05. The SMILES string of the molecule is CCNC(=NCC(CC(C)C)NC(=O)OCC)NCCN1C(=O)C2C3C=CC(C3)C2C1=O.I. The Morgan fingerprint density at radius 3 is 2.33 bits per heavy atom. The van der Waals surface area contributed by atoms with Crippen molar-refractivity contribution in [1.82, 2.24) is 20.9 Å². The first-order valence-corrected chi connectivity index (χ1v) is 11.8. The first-order chi connectivity index (χ1) is 15.3. The van der Waals surface area contributed by atoms with Gasteiger partial charge in [0.25, 0.3) is 0 Å². The van der Waals surface area contributed by atoms with Gasteiger partial charge in [-0.1, -0.05) is 26.0 Å². The molecule has 2 fully saturated rings. The lowest BCUT2D eigenvalue weighted by atomic mass is 9.85. The molecule has 1 saturated carbocycles. The van der Waals surface area contributed by atoms with Gasteiger partial charge in [-0.2, -0.15) is 0 Å². The van der Waals surface area contributed by atoms with Crippen LogP contribution in [-0.4, -0.2) is 67.6 Å². The normalized spacial score (nSPS) is 26.3. The van der Waals surface area contributed by atoms with E-state index in [1.165, 1.54) is 4.90 Å². The van der Waals surface area contributed by atoms with E-state index < -0.39 is 6.09 Å². The fraction of sp³-hybridized carbons (Fsp3) is 0.739. The quantitative estimate of drug-likeness (QED) is 0.121. The maximum absolute atomic E-state index is 12.8. The summed E-state index contributed by atoms with van der Waals surface area (Å²) >= 11 is 0. The molecule has 0 spiro atoms. The van der Waals surface area contributed by atoms with E-state index in [9.17, 15) is 14.4 Å². The van der Waals surface area contributed by atoms with Gasteiger partial charge in [-0.05, 0) is 44.4 Å². The van der Waals surface area contributed by atoms with E-state index in [0.29, 0.717) is 44.7 Å². The molecule has 0 aromatic rings. The summed E-state index contributed by atoms with van der Waals surface area (Å²) in [6.45, 7) is 10.1. The Bertz CT molecular complexity index is 742. The van der Waals surface area contributed by atoms with Crippen LogP contribution in [0.2, 0.25) is 0 Å². The summed E-state index contributed by atoms with van der Waals surface area (Å²) in [5.41, 5.74) is 0. The number of carbonyl (C=O) groups excluding carboxylic acids is 3. The average Bonchev–Trinajstić information content (AvgIpc) is 3.41. The number of rotatable bonds is 10. The number of amides is 3. The van der Waals surface area contributed by atoms with E-state index in [4.69, 9.17) is 4.74 Å². The molecule has 0 aromatic carbocycles. The van der Waals surface area contributed by atoms with Gasteiger partial charge in [0.05, 0.1) is 31.0 Å². The van der Waals surface area contributed by atoms with E-state index >= 15 is 0 Å². The minimum Gasteiger partial charge on any atom is -0.450 e. The van der Waals surface area contributed by atoms with Gasteiger partial charge in [-0.15, -0.1) is 24.0 Å². The fourth-order valence-corrected chi connectivity index (χ4v) is 5.10. The number of alkyl carbamates (subject to hydrolysis) is 1. The lowest BCUT2D eigenvalue weighted by Crippen LogP contribution is -2.45. The highest BCUT2D eigenvalue weighted by Gasteiger charge is 2.58. The highest BCUT2D eigenvalue weighted by atomic mass is 127. The first kappa shape index (κ1) is 27.4. The van der Waals surface area contributed by atoms with Gasteiger partial charge in [-0.25, -0.2) is 4.79 Å². The van der Waals surface area contributed by atoms with Gasteiger partial charge in [0, 0.05) is 19.6 Å². The average molecular weight is 575 g/mol. The Hall–Kier alpha value is -1.85. The number of fused-ring (bicyclic) bond motifs is 5. The molecule has 0 radical (unpaired) electrons. The van der Waals surface area contributed by atoms with Crippen molar-refractivity contribution < 1.29 is 19.1 Å². The Morgan fingerprint density at radius 1 is 1.15 bits per heavy atom. The molecule has 33 heavy (non-hydrogen) atoms. The summed E-state index contributed by atoms with van der Waals surface area (Å²) in [4.78, 5) is 43.5. The van der Waals surface area contributed by atoms with Crippen LogP contribution >= 0.6 is 24.0 Å². The number of nitrogens with one attached hydrogen (secondary N) is 3. The zero-order valence-electron chi connectivity index (χ0n) is 20.0. The van der Waals surface area contributed by atoms with Crippen LogP contribution < -0.4 is 16.0 Å². The third kappa shape index (κ3) is 6.60. The number of imide groups is 1. The second kappa shape index (κ2) is 12.6. The lowest BCUT2D eigenvalue weighted by Gasteiger charge is -2.20. The molecule has 5 atom stereocenters. The number of halogens is 1. The van der Waals surface area contributed by atoms with Crippen LogP contribution in [0.15, 0.2) is 17.1 Å². The molecule has 0 aromatic heterocycles. The Labute approximate surface area is 213 Å². The second-order valence-electron chi connectivity index (χ2n) is 9.17. The number of aliphatic imine (C=N–C) groups is 1. The molecule has 3 amide bonds. The van der Waals surface area contributed by atoms with E-state index in [1.54, 1.807) is 6.92 Å². The third-order valence-corrected chi connectivity index (χ3v) is 6.36. The van der Waals surface area contributed by atoms with Crippen LogP contribution in [0.3, 0.4) is 0 Å². The first-order valence-electron chi connectivity index (χ1n) is 11.8. The minimum absolute atomic E-state index is 0. The van der Waals surface area contributed by atoms with Gasteiger partial charge < -0.3 is 20.7 Å². The van der Waals surface area contributed by atoms with Crippen LogP contribution in [-0.2, 0) is 14.3 Å². The molecule has 1 heterocycles. The molecular formula is C23H38IN5O4. The van der Waals surface area contributed by atoms with E-state index in [-0.39, 0.29) is 65.5 Å². The van der Waals surface area contributed by atoms with E-state index in [1.807, 2.05) is 6.92 Å². The summed E-state index contributed by atoms with van der Waals surface area (Å²) in [5, 5.41) is 9.26. The zero-order chi connectivity index (χ0) is 23.3. The van der Waals surface area contributed by atoms with Crippen molar-refractivity contribution in [2.45, 2.75) is 46.6 Å². The van der Waals surface area contributed by atoms with Gasteiger partial charge in [0.2, 0.25) is 11.8 Å². The predicted octanol–water partition coefficient (Wildman–Crippen LogP) is 2.13. The Morgan fingerprint density at radius 2 is 1.79 bits per heavy atom. The Balaban J connectivity index is 0.00000385. The molecule has 5 unspecified atom stereocenters. The molecule has 1 aliphatic heterocycles. The van der Waals surface area contributed by atoms with Crippen LogP contribution in [0, 0.1) is 29.6 Å². The van der Waals surface area contributed by atoms with Gasteiger partial charge >= 0.3 is 6.09 Å². The van der Waals surface area contributed by atoms with Crippen molar-refractivity contribution in [2.24, 2.45) is 34.6 Å². The molecule has 1 saturated heterocycles. The van der Waals surface area contributed by atoms with Crippen LogP contribution in [0.25, 0.3) is 0 Å². The lowest BCUT2D eigenvalue weighted by molar-refractivity contribution is -0.140. The highest BCUT2D eigenvalue weighted by molar-refractivity contribution is 14.0. The summed E-state index contributed by atoms with van der Waals surface area (Å²) in [7, 11) is 0. The number of guanidine groups is 1.